The summed E-state index contributed by atoms with van der Waals surface area (Å²) in [5.41, 5.74) is 9.44. The Hall–Kier alpha value is -3.20. The van der Waals surface area contributed by atoms with Gasteiger partial charge in [0.05, 0.1) is 11.8 Å². The Kier molecular flexibility index (Phi) is 7.60. The average Bonchev–Trinajstić information content (AvgIpc) is 3.28. The lowest BCUT2D eigenvalue weighted by Gasteiger charge is -2.34. The summed E-state index contributed by atoms with van der Waals surface area (Å²) in [6.45, 7) is 14.6. The first kappa shape index (κ1) is 25.4. The number of piperidine rings is 1. The van der Waals surface area contributed by atoms with E-state index in [1.54, 1.807) is 0 Å². The lowest BCUT2D eigenvalue weighted by atomic mass is 9.95. The summed E-state index contributed by atoms with van der Waals surface area (Å²) < 4.78 is 8.39. The summed E-state index contributed by atoms with van der Waals surface area (Å²) >= 11 is 0. The molecule has 3 aromatic rings. The van der Waals surface area contributed by atoms with Gasteiger partial charge in [-0.3, -0.25) is 4.98 Å². The number of hydrogen-bond donors (Lipinski definition) is 1. The Morgan fingerprint density at radius 3 is 2.49 bits per heavy atom. The molecule has 198 valence electrons. The summed E-state index contributed by atoms with van der Waals surface area (Å²) in [6, 6.07) is 4.27. The van der Waals surface area contributed by atoms with Crippen molar-refractivity contribution in [3.63, 3.8) is 0 Å². The molecule has 0 aliphatic carbocycles. The molecule has 0 spiro atoms. The van der Waals surface area contributed by atoms with Crippen LogP contribution in [0.2, 0.25) is 0 Å². The maximum absolute atomic E-state index is 6.15. The largest absolute Gasteiger partial charge is 0.484 e. The second-order valence-electron chi connectivity index (χ2n) is 10.8. The van der Waals surface area contributed by atoms with Crippen molar-refractivity contribution in [2.45, 2.75) is 71.4 Å². The van der Waals surface area contributed by atoms with Gasteiger partial charge in [0.1, 0.15) is 12.2 Å². The Morgan fingerprint density at radius 2 is 1.81 bits per heavy atom. The molecule has 37 heavy (non-hydrogen) atoms. The number of nitrogens with zero attached hydrogens (tertiary/aromatic N) is 7. The number of hydrogen-bond acceptors (Lipinski definition) is 8. The van der Waals surface area contributed by atoms with Crippen molar-refractivity contribution in [1.82, 2.24) is 29.4 Å². The maximum atomic E-state index is 6.15. The van der Waals surface area contributed by atoms with Gasteiger partial charge in [-0.1, -0.05) is 13.8 Å². The zero-order chi connectivity index (χ0) is 25.9. The molecule has 0 unspecified atom stereocenters. The van der Waals surface area contributed by atoms with Gasteiger partial charge >= 0.3 is 0 Å². The van der Waals surface area contributed by atoms with Gasteiger partial charge in [0, 0.05) is 55.7 Å². The van der Waals surface area contributed by atoms with Crippen molar-refractivity contribution in [2.75, 3.05) is 43.4 Å². The summed E-state index contributed by atoms with van der Waals surface area (Å²) in [6.07, 6.45) is 9.00. The summed E-state index contributed by atoms with van der Waals surface area (Å²) in [4.78, 5) is 23.3. The lowest BCUT2D eigenvalue weighted by molar-refractivity contribution is 0.173. The second-order valence-corrected chi connectivity index (χ2v) is 10.8. The maximum Gasteiger partial charge on any atom is 0.204 e. The quantitative estimate of drug-likeness (QED) is 0.460. The van der Waals surface area contributed by atoms with Gasteiger partial charge in [0.15, 0.2) is 11.6 Å². The molecule has 2 aliphatic heterocycles. The smallest absolute Gasteiger partial charge is 0.204 e. The number of imidazole rings is 1. The molecule has 0 bridgehead atoms. The predicted molar refractivity (Wildman–Crippen MR) is 147 cm³/mol. The molecule has 2 N–H and O–H groups in total. The number of likely N-dealkylation sites (tertiary alicyclic amines) is 1. The second kappa shape index (κ2) is 11.0. The number of ether oxygens (including phenoxy) is 1. The van der Waals surface area contributed by atoms with Gasteiger partial charge in [-0.05, 0) is 64.3 Å². The molecule has 2 fully saturated rings. The van der Waals surface area contributed by atoms with Gasteiger partial charge in [-0.15, -0.1) is 0 Å². The van der Waals surface area contributed by atoms with Crippen molar-refractivity contribution in [1.29, 1.82) is 0 Å². The van der Waals surface area contributed by atoms with Crippen LogP contribution >= 0.6 is 0 Å². The third kappa shape index (κ3) is 5.71. The Balaban J connectivity index is 1.36. The van der Waals surface area contributed by atoms with E-state index in [0.29, 0.717) is 23.4 Å². The van der Waals surface area contributed by atoms with Crippen LogP contribution in [0.1, 0.15) is 70.3 Å². The minimum absolute atomic E-state index is 0.00583. The number of pyridine rings is 1. The van der Waals surface area contributed by atoms with E-state index in [1.807, 2.05) is 20.0 Å². The minimum atomic E-state index is 0.00583. The van der Waals surface area contributed by atoms with E-state index in [9.17, 15) is 0 Å². The van der Waals surface area contributed by atoms with Crippen LogP contribution in [-0.2, 0) is 6.54 Å². The number of anilines is 2. The van der Waals surface area contributed by atoms with Gasteiger partial charge in [-0.2, -0.15) is 0 Å². The molecule has 9 heteroatoms. The van der Waals surface area contributed by atoms with Crippen LogP contribution in [0.25, 0.3) is 11.3 Å². The average molecular weight is 505 g/mol. The van der Waals surface area contributed by atoms with E-state index < -0.39 is 0 Å². The Labute approximate surface area is 220 Å². The van der Waals surface area contributed by atoms with Crippen molar-refractivity contribution in [3.8, 4) is 17.0 Å². The topological polar surface area (TPSA) is 98.2 Å². The first-order valence-electron chi connectivity index (χ1n) is 13.7. The molecule has 0 saturated carbocycles. The Morgan fingerprint density at radius 1 is 1.03 bits per heavy atom. The fourth-order valence-electron chi connectivity index (χ4n) is 5.15. The van der Waals surface area contributed by atoms with Gasteiger partial charge in [0.2, 0.25) is 5.75 Å². The van der Waals surface area contributed by atoms with E-state index in [1.165, 1.54) is 31.7 Å². The van der Waals surface area contributed by atoms with Crippen LogP contribution in [0.3, 0.4) is 0 Å². The van der Waals surface area contributed by atoms with Crippen LogP contribution in [0.4, 0.5) is 11.6 Å². The highest BCUT2D eigenvalue weighted by molar-refractivity contribution is 5.63. The van der Waals surface area contributed by atoms with E-state index in [4.69, 9.17) is 15.5 Å². The van der Waals surface area contributed by atoms with E-state index in [2.05, 4.69) is 61.5 Å². The molecule has 9 nitrogen and oxygen atoms in total. The van der Waals surface area contributed by atoms with Gasteiger partial charge in [0.25, 0.3) is 0 Å². The number of aromatic nitrogens is 5. The highest BCUT2D eigenvalue weighted by Gasteiger charge is 2.28. The van der Waals surface area contributed by atoms with Crippen LogP contribution in [0, 0.1) is 0 Å². The molecule has 0 radical (unpaired) electrons. The molecule has 3 aromatic heterocycles. The third-order valence-corrected chi connectivity index (χ3v) is 7.41. The minimum Gasteiger partial charge on any atom is -0.484 e. The van der Waals surface area contributed by atoms with E-state index in [-0.39, 0.29) is 6.10 Å². The lowest BCUT2D eigenvalue weighted by Crippen LogP contribution is -2.39. The van der Waals surface area contributed by atoms with Crippen LogP contribution in [0.5, 0.6) is 5.75 Å². The Bertz CT molecular complexity index is 1190. The highest BCUT2D eigenvalue weighted by atomic mass is 16.5. The standard InChI is InChI=1S/C28H40N8O/c1-19(2)23-16-22(6-9-30-23)24-17-36(15-14-34-10-5-11-34)27(33-24)21-7-12-35(13-8-21)28-25(37-20(3)4)26(29)31-18-32-28/h6,9,16-21H,5,7-8,10-15H2,1-4H3,(H2,29,31,32). The highest BCUT2D eigenvalue weighted by Crippen LogP contribution is 2.36. The zero-order valence-corrected chi connectivity index (χ0v) is 22.6. The number of nitrogen functional groups attached to an aromatic ring is 1. The summed E-state index contributed by atoms with van der Waals surface area (Å²) in [5.74, 6) is 3.75. The van der Waals surface area contributed by atoms with Gasteiger partial charge in [-0.25, -0.2) is 15.0 Å². The van der Waals surface area contributed by atoms with Crippen molar-refractivity contribution in [2.24, 2.45) is 0 Å². The molecule has 2 saturated heterocycles. The normalized spacial score (nSPS) is 17.0. The first-order valence-corrected chi connectivity index (χ1v) is 13.7. The third-order valence-electron chi connectivity index (χ3n) is 7.41. The fraction of sp³-hybridized carbons (Fsp3) is 0.571. The molecular weight excluding hydrogens is 464 g/mol. The molecule has 5 rings (SSSR count). The SMILES string of the molecule is CC(C)Oc1c(N)ncnc1N1CCC(c2nc(-c3ccnc(C(C)C)c3)cn2CCN2CCC2)CC1. The predicted octanol–water partition coefficient (Wildman–Crippen LogP) is 4.32. The molecule has 0 amide bonds. The number of nitrogens with two attached hydrogens (primary N) is 1. The monoisotopic (exact) mass is 504 g/mol. The summed E-state index contributed by atoms with van der Waals surface area (Å²) in [5, 5.41) is 0. The zero-order valence-electron chi connectivity index (χ0n) is 22.6. The van der Waals surface area contributed by atoms with Crippen LogP contribution in [-0.4, -0.2) is 68.2 Å². The van der Waals surface area contributed by atoms with Gasteiger partial charge < -0.3 is 24.8 Å². The first-order chi connectivity index (χ1) is 17.9. The molecule has 0 atom stereocenters. The summed E-state index contributed by atoms with van der Waals surface area (Å²) in [7, 11) is 0. The van der Waals surface area contributed by atoms with E-state index >= 15 is 0 Å². The van der Waals surface area contributed by atoms with Crippen molar-refractivity contribution >= 4 is 11.6 Å². The van der Waals surface area contributed by atoms with Crippen molar-refractivity contribution < 1.29 is 4.74 Å². The van der Waals surface area contributed by atoms with Crippen LogP contribution in [0.15, 0.2) is 30.9 Å². The van der Waals surface area contributed by atoms with E-state index in [0.717, 1.165) is 61.8 Å². The van der Waals surface area contributed by atoms with Crippen molar-refractivity contribution in [3.05, 3.63) is 42.4 Å². The fourth-order valence-corrected chi connectivity index (χ4v) is 5.15. The molecule has 0 aromatic carbocycles. The molecular formula is C28H40N8O. The molecule has 5 heterocycles. The molecule has 2 aliphatic rings. The number of rotatable bonds is 9. The van der Waals surface area contributed by atoms with Crippen LogP contribution < -0.4 is 15.4 Å².